The molecular weight excluding hydrogens is 258 g/mol. The SMILES string of the molecule is C[C@@]12CC[C@H]3[C@@H](CC[C@H]4C[C@H](N)CC[C@@]43C)[C@H]1CC[C@H]2O. The van der Waals surface area contributed by atoms with Crippen molar-refractivity contribution in [3.05, 3.63) is 0 Å². The molecule has 0 spiro atoms. The first-order valence-corrected chi connectivity index (χ1v) is 9.39. The molecule has 8 atom stereocenters. The first-order chi connectivity index (χ1) is 9.95. The van der Waals surface area contributed by atoms with E-state index >= 15 is 0 Å². The fraction of sp³-hybridized carbons (Fsp3) is 1.00. The third-order valence-corrected chi connectivity index (χ3v) is 8.66. The van der Waals surface area contributed by atoms with E-state index in [4.69, 9.17) is 5.73 Å². The Morgan fingerprint density at radius 3 is 2.38 bits per heavy atom. The number of nitrogens with two attached hydrogens (primary N) is 1. The van der Waals surface area contributed by atoms with Crippen LogP contribution in [0.1, 0.15) is 71.6 Å². The van der Waals surface area contributed by atoms with Gasteiger partial charge in [-0.25, -0.2) is 0 Å². The smallest absolute Gasteiger partial charge is 0.0596 e. The molecular formula is C19H33NO. The highest BCUT2D eigenvalue weighted by Crippen LogP contribution is 2.66. The number of rotatable bonds is 0. The van der Waals surface area contributed by atoms with Crippen molar-refractivity contribution in [3.8, 4) is 0 Å². The second-order valence-corrected chi connectivity index (χ2v) is 9.33. The predicted molar refractivity (Wildman–Crippen MR) is 85.7 cm³/mol. The molecule has 0 aliphatic heterocycles. The van der Waals surface area contributed by atoms with Gasteiger partial charge in [0, 0.05) is 6.04 Å². The first-order valence-electron chi connectivity index (χ1n) is 9.39. The van der Waals surface area contributed by atoms with Crippen molar-refractivity contribution < 1.29 is 5.11 Å². The van der Waals surface area contributed by atoms with Crippen LogP contribution in [0.5, 0.6) is 0 Å². The molecule has 0 aromatic carbocycles. The van der Waals surface area contributed by atoms with Crippen molar-refractivity contribution in [1.29, 1.82) is 0 Å². The zero-order valence-corrected chi connectivity index (χ0v) is 13.9. The van der Waals surface area contributed by atoms with Crippen LogP contribution in [0.3, 0.4) is 0 Å². The van der Waals surface area contributed by atoms with E-state index in [1.165, 1.54) is 51.4 Å². The molecule has 21 heavy (non-hydrogen) atoms. The minimum Gasteiger partial charge on any atom is -0.393 e. The minimum absolute atomic E-state index is 0.0336. The second kappa shape index (κ2) is 4.71. The van der Waals surface area contributed by atoms with Gasteiger partial charge in [0.15, 0.2) is 0 Å². The maximum absolute atomic E-state index is 10.5. The summed E-state index contributed by atoms with van der Waals surface area (Å²) >= 11 is 0. The molecule has 0 unspecified atom stereocenters. The Hall–Kier alpha value is -0.0800. The molecule has 0 radical (unpaired) electrons. The monoisotopic (exact) mass is 291 g/mol. The number of aliphatic hydroxyl groups excluding tert-OH is 1. The third kappa shape index (κ3) is 1.91. The van der Waals surface area contributed by atoms with Crippen molar-refractivity contribution in [3.63, 3.8) is 0 Å². The molecule has 4 aliphatic carbocycles. The summed E-state index contributed by atoms with van der Waals surface area (Å²) in [4.78, 5) is 0. The average molecular weight is 291 g/mol. The van der Waals surface area contributed by atoms with Crippen molar-refractivity contribution in [2.24, 2.45) is 40.2 Å². The Bertz CT molecular complexity index is 424. The molecule has 0 bridgehead atoms. The molecule has 4 aliphatic rings. The summed E-state index contributed by atoms with van der Waals surface area (Å²) in [5.41, 5.74) is 7.04. The van der Waals surface area contributed by atoms with Gasteiger partial charge in [0.2, 0.25) is 0 Å². The number of hydrogen-bond donors (Lipinski definition) is 2. The maximum Gasteiger partial charge on any atom is 0.0596 e. The van der Waals surface area contributed by atoms with E-state index in [1.807, 2.05) is 0 Å². The fourth-order valence-corrected chi connectivity index (χ4v) is 7.26. The third-order valence-electron chi connectivity index (χ3n) is 8.66. The summed E-state index contributed by atoms with van der Waals surface area (Å²) in [5, 5.41) is 10.5. The van der Waals surface area contributed by atoms with Gasteiger partial charge >= 0.3 is 0 Å². The molecule has 0 heterocycles. The quantitative estimate of drug-likeness (QED) is 0.714. The van der Waals surface area contributed by atoms with Crippen LogP contribution in [0.25, 0.3) is 0 Å². The summed E-state index contributed by atoms with van der Waals surface area (Å²) in [6.07, 6.45) is 11.6. The Kier molecular flexibility index (Phi) is 3.25. The normalized spacial score (nSPS) is 60.0. The zero-order chi connectivity index (χ0) is 14.8. The lowest BCUT2D eigenvalue weighted by Gasteiger charge is -2.60. The molecule has 0 amide bonds. The van der Waals surface area contributed by atoms with Crippen LogP contribution in [0.4, 0.5) is 0 Å². The highest BCUT2D eigenvalue weighted by atomic mass is 16.3. The fourth-order valence-electron chi connectivity index (χ4n) is 7.26. The van der Waals surface area contributed by atoms with Gasteiger partial charge in [-0.05, 0) is 92.3 Å². The number of aliphatic hydroxyl groups is 1. The van der Waals surface area contributed by atoms with Crippen LogP contribution in [0.2, 0.25) is 0 Å². The molecule has 3 N–H and O–H groups in total. The molecule has 4 fully saturated rings. The van der Waals surface area contributed by atoms with Gasteiger partial charge < -0.3 is 10.8 Å². The largest absolute Gasteiger partial charge is 0.393 e. The Labute approximate surface area is 129 Å². The van der Waals surface area contributed by atoms with E-state index in [2.05, 4.69) is 13.8 Å². The van der Waals surface area contributed by atoms with Gasteiger partial charge in [0.25, 0.3) is 0 Å². The zero-order valence-electron chi connectivity index (χ0n) is 13.9. The first kappa shape index (κ1) is 14.5. The van der Waals surface area contributed by atoms with Crippen LogP contribution in [-0.2, 0) is 0 Å². The lowest BCUT2D eigenvalue weighted by molar-refractivity contribution is -0.122. The molecule has 2 heteroatoms. The minimum atomic E-state index is -0.0336. The molecule has 4 rings (SSSR count). The topological polar surface area (TPSA) is 46.2 Å². The standard InChI is InChI=1S/C19H33NO/c1-18-9-7-13(20)11-12(18)3-4-14-15-5-6-17(21)19(15,2)10-8-16(14)18/h12-17,21H,3-11,20H2,1-2H3/t12-,13+,14-,15+,16-,17+,18-,19+/m0/s1. The van der Waals surface area contributed by atoms with Crippen molar-refractivity contribution in [1.82, 2.24) is 0 Å². The van der Waals surface area contributed by atoms with Gasteiger partial charge in [-0.1, -0.05) is 13.8 Å². The maximum atomic E-state index is 10.5. The Balaban J connectivity index is 1.62. The van der Waals surface area contributed by atoms with Gasteiger partial charge in [0.1, 0.15) is 0 Å². The molecule has 0 aromatic heterocycles. The number of fused-ring (bicyclic) bond motifs is 5. The summed E-state index contributed by atoms with van der Waals surface area (Å²) < 4.78 is 0. The lowest BCUT2D eigenvalue weighted by Crippen LogP contribution is -2.55. The summed E-state index contributed by atoms with van der Waals surface area (Å²) in [6.45, 7) is 4.98. The predicted octanol–water partition coefficient (Wildman–Crippen LogP) is 3.72. The van der Waals surface area contributed by atoms with Gasteiger partial charge in [-0.2, -0.15) is 0 Å². The van der Waals surface area contributed by atoms with Crippen LogP contribution < -0.4 is 5.73 Å². The molecule has 0 saturated heterocycles. The summed E-state index contributed by atoms with van der Waals surface area (Å²) in [6, 6.07) is 0.460. The molecule has 4 saturated carbocycles. The van der Waals surface area contributed by atoms with E-state index in [0.29, 0.717) is 11.5 Å². The molecule has 2 nitrogen and oxygen atoms in total. The van der Waals surface area contributed by atoms with E-state index in [1.54, 1.807) is 0 Å². The van der Waals surface area contributed by atoms with Gasteiger partial charge in [-0.15, -0.1) is 0 Å². The Morgan fingerprint density at radius 1 is 0.857 bits per heavy atom. The second-order valence-electron chi connectivity index (χ2n) is 9.33. The van der Waals surface area contributed by atoms with E-state index in [9.17, 15) is 5.11 Å². The van der Waals surface area contributed by atoms with Crippen LogP contribution >= 0.6 is 0 Å². The van der Waals surface area contributed by atoms with Gasteiger partial charge in [-0.3, -0.25) is 0 Å². The lowest BCUT2D eigenvalue weighted by atomic mass is 9.45. The average Bonchev–Trinajstić information content (AvgIpc) is 2.76. The van der Waals surface area contributed by atoms with Crippen molar-refractivity contribution in [2.45, 2.75) is 83.8 Å². The van der Waals surface area contributed by atoms with Crippen molar-refractivity contribution >= 4 is 0 Å². The van der Waals surface area contributed by atoms with E-state index in [0.717, 1.165) is 30.1 Å². The summed E-state index contributed by atoms with van der Waals surface area (Å²) in [7, 11) is 0. The van der Waals surface area contributed by atoms with Crippen molar-refractivity contribution in [2.75, 3.05) is 0 Å². The van der Waals surface area contributed by atoms with Gasteiger partial charge in [0.05, 0.1) is 6.10 Å². The molecule has 120 valence electrons. The summed E-state index contributed by atoms with van der Waals surface area (Å²) in [5.74, 6) is 3.46. The van der Waals surface area contributed by atoms with E-state index in [-0.39, 0.29) is 11.5 Å². The molecule has 0 aromatic rings. The van der Waals surface area contributed by atoms with Crippen LogP contribution in [-0.4, -0.2) is 17.3 Å². The highest BCUT2D eigenvalue weighted by molar-refractivity contribution is 5.09. The number of hydrogen-bond acceptors (Lipinski definition) is 2. The Morgan fingerprint density at radius 2 is 1.57 bits per heavy atom. The van der Waals surface area contributed by atoms with Crippen LogP contribution in [0.15, 0.2) is 0 Å². The van der Waals surface area contributed by atoms with E-state index < -0.39 is 0 Å². The van der Waals surface area contributed by atoms with Crippen LogP contribution in [0, 0.1) is 34.5 Å². The highest BCUT2D eigenvalue weighted by Gasteiger charge is 2.59.